The predicted octanol–water partition coefficient (Wildman–Crippen LogP) is 4.04. The number of pyridine rings is 1. The Morgan fingerprint density at radius 3 is 2.29 bits per heavy atom. The number of halogens is 3. The molecule has 164 valence electrons. The normalized spacial score (nSPS) is 16.4. The average molecular weight is 433 g/mol. The lowest BCUT2D eigenvalue weighted by Crippen LogP contribution is -2.47. The SMILES string of the molecule is COc1ccc(-c2nnc([C@@H](C)N3CCN(c4ccc(C(F)(F)F)cn4)CC3)o2)cc1. The Morgan fingerprint density at radius 2 is 1.71 bits per heavy atom. The first kappa shape index (κ1) is 21.1. The van der Waals surface area contributed by atoms with Gasteiger partial charge in [-0.05, 0) is 43.3 Å². The number of methoxy groups -OCH3 is 1. The average Bonchev–Trinajstić information content (AvgIpc) is 3.28. The highest BCUT2D eigenvalue weighted by atomic mass is 19.4. The molecule has 1 aromatic carbocycles. The summed E-state index contributed by atoms with van der Waals surface area (Å²) in [6.07, 6.45) is -3.50. The van der Waals surface area contributed by atoms with Crippen molar-refractivity contribution in [1.82, 2.24) is 20.1 Å². The molecule has 1 saturated heterocycles. The van der Waals surface area contributed by atoms with Crippen LogP contribution in [0.3, 0.4) is 0 Å². The smallest absolute Gasteiger partial charge is 0.417 e. The third kappa shape index (κ3) is 4.63. The van der Waals surface area contributed by atoms with Crippen molar-refractivity contribution in [1.29, 1.82) is 0 Å². The quantitative estimate of drug-likeness (QED) is 0.602. The number of ether oxygens (including phenoxy) is 1. The largest absolute Gasteiger partial charge is 0.497 e. The van der Waals surface area contributed by atoms with Crippen LogP contribution in [0.5, 0.6) is 5.75 Å². The number of benzene rings is 1. The summed E-state index contributed by atoms with van der Waals surface area (Å²) in [5, 5.41) is 8.35. The summed E-state index contributed by atoms with van der Waals surface area (Å²) in [4.78, 5) is 8.16. The summed E-state index contributed by atoms with van der Waals surface area (Å²) in [7, 11) is 1.61. The van der Waals surface area contributed by atoms with Gasteiger partial charge >= 0.3 is 6.18 Å². The fourth-order valence-electron chi connectivity index (χ4n) is 3.49. The van der Waals surface area contributed by atoms with Gasteiger partial charge in [0.2, 0.25) is 11.8 Å². The van der Waals surface area contributed by atoms with Crippen LogP contribution in [0.4, 0.5) is 19.0 Å². The highest BCUT2D eigenvalue weighted by Gasteiger charge is 2.31. The van der Waals surface area contributed by atoms with E-state index in [1.54, 1.807) is 7.11 Å². The molecule has 1 atom stereocenters. The van der Waals surface area contributed by atoms with E-state index < -0.39 is 11.7 Å². The fourth-order valence-corrected chi connectivity index (χ4v) is 3.49. The minimum Gasteiger partial charge on any atom is -0.497 e. The first-order valence-electron chi connectivity index (χ1n) is 9.85. The molecule has 2 aromatic heterocycles. The van der Waals surface area contributed by atoms with Gasteiger partial charge in [0.1, 0.15) is 11.6 Å². The predicted molar refractivity (Wildman–Crippen MR) is 108 cm³/mol. The number of alkyl halides is 3. The summed E-state index contributed by atoms with van der Waals surface area (Å²) in [6, 6.07) is 9.78. The number of piperazine rings is 1. The molecule has 0 amide bonds. The molecule has 7 nitrogen and oxygen atoms in total. The van der Waals surface area contributed by atoms with Crippen molar-refractivity contribution >= 4 is 5.82 Å². The van der Waals surface area contributed by atoms with Gasteiger partial charge in [-0.15, -0.1) is 10.2 Å². The van der Waals surface area contributed by atoms with Crippen LogP contribution in [0.2, 0.25) is 0 Å². The van der Waals surface area contributed by atoms with E-state index in [4.69, 9.17) is 9.15 Å². The van der Waals surface area contributed by atoms with Gasteiger partial charge in [-0.3, -0.25) is 4.90 Å². The maximum atomic E-state index is 12.7. The summed E-state index contributed by atoms with van der Waals surface area (Å²) in [6.45, 7) is 4.68. The third-order valence-corrected chi connectivity index (χ3v) is 5.40. The maximum absolute atomic E-state index is 12.7. The minimum atomic E-state index is -4.38. The molecule has 31 heavy (non-hydrogen) atoms. The van der Waals surface area contributed by atoms with Crippen molar-refractivity contribution in [3.8, 4) is 17.2 Å². The van der Waals surface area contributed by atoms with Gasteiger partial charge in [0.15, 0.2) is 0 Å². The molecule has 10 heteroatoms. The lowest BCUT2D eigenvalue weighted by molar-refractivity contribution is -0.137. The maximum Gasteiger partial charge on any atom is 0.417 e. The van der Waals surface area contributed by atoms with E-state index in [9.17, 15) is 13.2 Å². The number of hydrogen-bond acceptors (Lipinski definition) is 7. The molecule has 3 aromatic rings. The molecule has 0 N–H and O–H groups in total. The molecule has 0 unspecified atom stereocenters. The Balaban J connectivity index is 1.37. The summed E-state index contributed by atoms with van der Waals surface area (Å²) < 4.78 is 49.2. The van der Waals surface area contributed by atoms with Gasteiger partial charge in [-0.1, -0.05) is 0 Å². The number of anilines is 1. The fraction of sp³-hybridized carbons (Fsp3) is 0.381. The third-order valence-electron chi connectivity index (χ3n) is 5.40. The van der Waals surface area contributed by atoms with Gasteiger partial charge in [-0.2, -0.15) is 13.2 Å². The van der Waals surface area contributed by atoms with E-state index in [0.29, 0.717) is 43.8 Å². The van der Waals surface area contributed by atoms with Crippen LogP contribution in [0.25, 0.3) is 11.5 Å². The van der Waals surface area contributed by atoms with Crippen LogP contribution in [0.15, 0.2) is 47.0 Å². The monoisotopic (exact) mass is 433 g/mol. The van der Waals surface area contributed by atoms with E-state index in [-0.39, 0.29) is 6.04 Å². The Morgan fingerprint density at radius 1 is 1.00 bits per heavy atom. The molecule has 1 fully saturated rings. The number of nitrogens with zero attached hydrogens (tertiary/aromatic N) is 5. The van der Waals surface area contributed by atoms with Gasteiger partial charge in [0.25, 0.3) is 0 Å². The van der Waals surface area contributed by atoms with Crippen LogP contribution in [-0.2, 0) is 6.18 Å². The molecule has 0 spiro atoms. The molecule has 1 aliphatic rings. The van der Waals surface area contributed by atoms with Crippen molar-refractivity contribution in [2.24, 2.45) is 0 Å². The van der Waals surface area contributed by atoms with Gasteiger partial charge < -0.3 is 14.1 Å². The topological polar surface area (TPSA) is 67.5 Å². The number of aromatic nitrogens is 3. The van der Waals surface area contributed by atoms with Gasteiger partial charge in [0, 0.05) is 37.9 Å². The zero-order valence-corrected chi connectivity index (χ0v) is 17.1. The van der Waals surface area contributed by atoms with Gasteiger partial charge in [0.05, 0.1) is 18.7 Å². The van der Waals surface area contributed by atoms with Crippen molar-refractivity contribution in [2.45, 2.75) is 19.1 Å². The second-order valence-electron chi connectivity index (χ2n) is 7.28. The Labute approximate surface area is 177 Å². The zero-order chi connectivity index (χ0) is 22.0. The first-order valence-corrected chi connectivity index (χ1v) is 9.85. The molecule has 0 saturated carbocycles. The molecule has 4 rings (SSSR count). The second kappa shape index (κ2) is 8.54. The van der Waals surface area contributed by atoms with Crippen LogP contribution < -0.4 is 9.64 Å². The molecule has 0 radical (unpaired) electrons. The lowest BCUT2D eigenvalue weighted by atomic mass is 10.2. The van der Waals surface area contributed by atoms with Crippen LogP contribution in [-0.4, -0.2) is 53.4 Å². The summed E-state index contributed by atoms with van der Waals surface area (Å²) in [5.41, 5.74) is 0.0671. The van der Waals surface area contributed by atoms with Crippen molar-refractivity contribution in [3.05, 3.63) is 54.0 Å². The Kier molecular flexibility index (Phi) is 5.81. The number of rotatable bonds is 5. The number of hydrogen-bond donors (Lipinski definition) is 0. The molecule has 0 bridgehead atoms. The molecular weight excluding hydrogens is 411 g/mol. The zero-order valence-electron chi connectivity index (χ0n) is 17.1. The molecule has 3 heterocycles. The second-order valence-corrected chi connectivity index (χ2v) is 7.28. The molecule has 0 aliphatic carbocycles. The van der Waals surface area contributed by atoms with E-state index in [1.165, 1.54) is 6.07 Å². The van der Waals surface area contributed by atoms with E-state index in [0.717, 1.165) is 23.6 Å². The van der Waals surface area contributed by atoms with E-state index >= 15 is 0 Å². The molecule has 1 aliphatic heterocycles. The standard InChI is InChI=1S/C21H22F3N5O2/c1-14(19-26-27-20(31-19)15-3-6-17(30-2)7-4-15)28-9-11-29(12-10-28)18-8-5-16(13-25-18)21(22,23)24/h3-8,13-14H,9-12H2,1-2H3/t14-/m1/s1. The highest BCUT2D eigenvalue weighted by molar-refractivity contribution is 5.54. The lowest BCUT2D eigenvalue weighted by Gasteiger charge is -2.37. The van der Waals surface area contributed by atoms with Crippen LogP contribution in [0, 0.1) is 0 Å². The minimum absolute atomic E-state index is 0.0813. The Bertz CT molecular complexity index is 997. The summed E-state index contributed by atoms with van der Waals surface area (Å²) in [5.74, 6) is 2.25. The van der Waals surface area contributed by atoms with E-state index in [1.807, 2.05) is 36.1 Å². The summed E-state index contributed by atoms with van der Waals surface area (Å²) >= 11 is 0. The van der Waals surface area contributed by atoms with Crippen molar-refractivity contribution < 1.29 is 22.3 Å². The highest BCUT2D eigenvalue weighted by Crippen LogP contribution is 2.30. The van der Waals surface area contributed by atoms with E-state index in [2.05, 4.69) is 20.1 Å². The van der Waals surface area contributed by atoms with Crippen molar-refractivity contribution in [3.63, 3.8) is 0 Å². The first-order chi connectivity index (χ1) is 14.8. The van der Waals surface area contributed by atoms with Crippen molar-refractivity contribution in [2.75, 3.05) is 38.2 Å². The Hall–Kier alpha value is -3.14. The van der Waals surface area contributed by atoms with Crippen LogP contribution in [0.1, 0.15) is 24.4 Å². The van der Waals surface area contributed by atoms with Gasteiger partial charge in [-0.25, -0.2) is 4.98 Å². The molecular formula is C21H22F3N5O2. The van der Waals surface area contributed by atoms with Crippen LogP contribution >= 0.6 is 0 Å².